The van der Waals surface area contributed by atoms with Crippen molar-refractivity contribution in [2.75, 3.05) is 42.3 Å². The van der Waals surface area contributed by atoms with Crippen LogP contribution in [0.25, 0.3) is 11.1 Å². The van der Waals surface area contributed by atoms with Crippen molar-refractivity contribution in [1.29, 1.82) is 0 Å². The first-order chi connectivity index (χ1) is 21.6. The molecule has 1 aliphatic rings. The second-order valence-electron chi connectivity index (χ2n) is 10.8. The Bertz CT molecular complexity index is 1840. The van der Waals surface area contributed by atoms with Gasteiger partial charge >= 0.3 is 0 Å². The molecule has 0 aliphatic carbocycles. The highest BCUT2D eigenvalue weighted by Gasteiger charge is 2.22. The predicted molar refractivity (Wildman–Crippen MR) is 176 cm³/mol. The van der Waals surface area contributed by atoms with E-state index >= 15 is 0 Å². The molecule has 10 heteroatoms. The molecule has 2 heterocycles. The molecular weight excluding hydrogens is 570 g/mol. The normalized spacial score (nSPS) is 12.7. The van der Waals surface area contributed by atoms with Gasteiger partial charge in [-0.25, -0.2) is 0 Å². The van der Waals surface area contributed by atoms with Crippen molar-refractivity contribution in [1.82, 2.24) is 9.47 Å². The summed E-state index contributed by atoms with van der Waals surface area (Å²) in [6.07, 6.45) is 2.86. The summed E-state index contributed by atoms with van der Waals surface area (Å²) in [5, 5.41) is 8.89. The van der Waals surface area contributed by atoms with E-state index in [0.29, 0.717) is 54.5 Å². The number of rotatable bonds is 8. The van der Waals surface area contributed by atoms with Crippen molar-refractivity contribution in [2.45, 2.75) is 13.8 Å². The first kappa shape index (κ1) is 31.0. The van der Waals surface area contributed by atoms with Gasteiger partial charge in [0.1, 0.15) is 5.69 Å². The fraction of sp³-hybridized carbons (Fsp3) is 0.200. The lowest BCUT2D eigenvalue weighted by Gasteiger charge is -2.27. The first-order valence-electron chi connectivity index (χ1n) is 14.5. The van der Waals surface area contributed by atoms with Gasteiger partial charge in [-0.05, 0) is 73.5 Å². The van der Waals surface area contributed by atoms with Crippen molar-refractivity contribution in [3.8, 4) is 11.1 Å². The average molecular weight is 606 g/mol. The summed E-state index contributed by atoms with van der Waals surface area (Å²) in [7, 11) is 1.66. The molecule has 0 bridgehead atoms. The summed E-state index contributed by atoms with van der Waals surface area (Å²) >= 11 is 0. The van der Waals surface area contributed by atoms with E-state index in [2.05, 4.69) is 22.5 Å². The molecule has 0 atom stereocenters. The summed E-state index contributed by atoms with van der Waals surface area (Å²) in [4.78, 5) is 53.3. The van der Waals surface area contributed by atoms with Crippen LogP contribution in [0.3, 0.4) is 0 Å². The molecule has 1 saturated heterocycles. The van der Waals surface area contributed by atoms with Crippen molar-refractivity contribution in [3.05, 3.63) is 118 Å². The molecule has 5 rings (SSSR count). The molecule has 0 unspecified atom stereocenters. The summed E-state index contributed by atoms with van der Waals surface area (Å²) in [6.45, 7) is 9.18. The fourth-order valence-corrected chi connectivity index (χ4v) is 5.12. The molecule has 3 amide bonds. The minimum absolute atomic E-state index is 0.215. The minimum atomic E-state index is -0.467. The summed E-state index contributed by atoms with van der Waals surface area (Å²) in [5.74, 6) is -0.911. The number of aryl methyl sites for hydroxylation is 2. The molecule has 0 radical (unpaired) electrons. The van der Waals surface area contributed by atoms with E-state index in [1.54, 1.807) is 54.5 Å². The highest BCUT2D eigenvalue weighted by molar-refractivity contribution is 6.07. The number of morpholine rings is 1. The lowest BCUT2D eigenvalue weighted by atomic mass is 9.99. The highest BCUT2D eigenvalue weighted by Crippen LogP contribution is 2.31. The van der Waals surface area contributed by atoms with E-state index in [0.717, 1.165) is 28.3 Å². The zero-order valence-electron chi connectivity index (χ0n) is 25.5. The molecule has 4 aromatic rings. The van der Waals surface area contributed by atoms with Gasteiger partial charge in [0, 0.05) is 48.8 Å². The summed E-state index contributed by atoms with van der Waals surface area (Å²) in [5.41, 5.74) is 5.83. The van der Waals surface area contributed by atoms with E-state index in [1.807, 2.05) is 44.2 Å². The maximum absolute atomic E-state index is 13.3. The third-order valence-electron chi connectivity index (χ3n) is 7.66. The monoisotopic (exact) mass is 605 g/mol. The topological polar surface area (TPSA) is 122 Å². The number of aromatic nitrogens is 1. The number of nitrogens with one attached hydrogen (secondary N) is 3. The van der Waals surface area contributed by atoms with Crippen LogP contribution >= 0.6 is 0 Å². The molecule has 1 aliphatic heterocycles. The molecule has 0 saturated carbocycles. The number of benzene rings is 3. The number of ether oxygens (including phenoxy) is 1. The lowest BCUT2D eigenvalue weighted by molar-refractivity contribution is -0.111. The van der Waals surface area contributed by atoms with Gasteiger partial charge in [0.15, 0.2) is 0 Å². The van der Waals surface area contributed by atoms with Gasteiger partial charge in [0.2, 0.25) is 5.91 Å². The SMILES string of the molecule is C=CC(=O)Nc1cc(Nc2cc(-c3cccc(NC(=O)c4ccc(C)cc4)c3C)cn(C)c2=O)ccc1C(=O)N1CCOCC1. The quantitative estimate of drug-likeness (QED) is 0.236. The van der Waals surface area contributed by atoms with Gasteiger partial charge in [-0.3, -0.25) is 19.2 Å². The molecule has 1 fully saturated rings. The smallest absolute Gasteiger partial charge is 0.274 e. The Hall–Kier alpha value is -5.48. The van der Waals surface area contributed by atoms with Crippen molar-refractivity contribution in [2.24, 2.45) is 7.05 Å². The van der Waals surface area contributed by atoms with Crippen LogP contribution in [0.4, 0.5) is 22.7 Å². The lowest BCUT2D eigenvalue weighted by Crippen LogP contribution is -2.41. The predicted octanol–water partition coefficient (Wildman–Crippen LogP) is 5.26. The Morgan fingerprint density at radius 3 is 2.33 bits per heavy atom. The second kappa shape index (κ2) is 13.4. The van der Waals surface area contributed by atoms with Crippen LogP contribution < -0.4 is 21.5 Å². The van der Waals surface area contributed by atoms with Crippen LogP contribution in [0.15, 0.2) is 90.4 Å². The molecule has 3 aromatic carbocycles. The fourth-order valence-electron chi connectivity index (χ4n) is 5.12. The van der Waals surface area contributed by atoms with E-state index in [-0.39, 0.29) is 23.1 Å². The van der Waals surface area contributed by atoms with Gasteiger partial charge in [-0.1, -0.05) is 36.4 Å². The standard InChI is InChI=1S/C35H35N5O5/c1-5-32(41)37-30-20-26(13-14-28(30)34(43)40-15-17-45-18-16-40)36-31-19-25(21-39(4)35(31)44)27-7-6-8-29(23(27)3)38-33(42)24-11-9-22(2)10-12-24/h5-14,19-21,36H,1,15-18H2,2-4H3,(H,37,41)(H,38,42). The number of carbonyl (C=O) groups excluding carboxylic acids is 3. The van der Waals surface area contributed by atoms with Crippen LogP contribution in [0.2, 0.25) is 0 Å². The van der Waals surface area contributed by atoms with Crippen molar-refractivity contribution in [3.63, 3.8) is 0 Å². The Morgan fingerprint density at radius 1 is 0.889 bits per heavy atom. The maximum Gasteiger partial charge on any atom is 0.274 e. The van der Waals surface area contributed by atoms with Crippen LogP contribution in [-0.4, -0.2) is 53.5 Å². The van der Waals surface area contributed by atoms with Crippen LogP contribution in [0.5, 0.6) is 0 Å². The number of hydrogen-bond acceptors (Lipinski definition) is 6. The third-order valence-corrected chi connectivity index (χ3v) is 7.66. The second-order valence-corrected chi connectivity index (χ2v) is 10.8. The Kier molecular flexibility index (Phi) is 9.25. The molecule has 0 spiro atoms. The van der Waals surface area contributed by atoms with Crippen LogP contribution in [0, 0.1) is 13.8 Å². The third kappa shape index (κ3) is 7.02. The Balaban J connectivity index is 1.45. The first-order valence-corrected chi connectivity index (χ1v) is 14.5. The number of anilines is 4. The summed E-state index contributed by atoms with van der Waals surface area (Å²) in [6, 6.07) is 19.6. The van der Waals surface area contributed by atoms with Gasteiger partial charge in [-0.2, -0.15) is 0 Å². The molecule has 230 valence electrons. The molecule has 10 nitrogen and oxygen atoms in total. The van der Waals surface area contributed by atoms with Gasteiger partial charge in [0.05, 0.1) is 24.5 Å². The Morgan fingerprint density at radius 2 is 1.62 bits per heavy atom. The number of hydrogen-bond donors (Lipinski definition) is 3. The number of pyridine rings is 1. The van der Waals surface area contributed by atoms with E-state index in [1.165, 1.54) is 4.57 Å². The Labute approximate surface area is 261 Å². The van der Waals surface area contributed by atoms with Gasteiger partial charge < -0.3 is 30.2 Å². The zero-order valence-corrected chi connectivity index (χ0v) is 25.5. The van der Waals surface area contributed by atoms with Crippen molar-refractivity contribution < 1.29 is 19.1 Å². The van der Waals surface area contributed by atoms with Crippen LogP contribution in [0.1, 0.15) is 31.8 Å². The number of amides is 3. The van der Waals surface area contributed by atoms with Gasteiger partial charge in [0.25, 0.3) is 17.4 Å². The molecule has 3 N–H and O–H groups in total. The van der Waals surface area contributed by atoms with Gasteiger partial charge in [-0.15, -0.1) is 0 Å². The molecular formula is C35H35N5O5. The highest BCUT2D eigenvalue weighted by atomic mass is 16.5. The van der Waals surface area contributed by atoms with E-state index < -0.39 is 5.91 Å². The number of nitrogens with zero attached hydrogens (tertiary/aromatic N) is 2. The van der Waals surface area contributed by atoms with E-state index in [9.17, 15) is 19.2 Å². The number of carbonyl (C=O) groups is 3. The largest absolute Gasteiger partial charge is 0.378 e. The van der Waals surface area contributed by atoms with Crippen LogP contribution in [-0.2, 0) is 16.6 Å². The maximum atomic E-state index is 13.3. The summed E-state index contributed by atoms with van der Waals surface area (Å²) < 4.78 is 6.84. The zero-order chi connectivity index (χ0) is 32.1. The minimum Gasteiger partial charge on any atom is -0.378 e. The average Bonchev–Trinajstić information content (AvgIpc) is 3.04. The van der Waals surface area contributed by atoms with Crippen molar-refractivity contribution >= 4 is 40.5 Å². The molecule has 45 heavy (non-hydrogen) atoms. The van der Waals surface area contributed by atoms with E-state index in [4.69, 9.17) is 4.74 Å². The molecule has 1 aromatic heterocycles.